The first-order valence-electron chi connectivity index (χ1n) is 8.07. The van der Waals surface area contributed by atoms with Gasteiger partial charge >= 0.3 is 12.4 Å². The lowest BCUT2D eigenvalue weighted by Gasteiger charge is -2.46. The summed E-state index contributed by atoms with van der Waals surface area (Å²) in [5, 5.41) is 0. The molecule has 0 bridgehead atoms. The summed E-state index contributed by atoms with van der Waals surface area (Å²) >= 11 is 0. The van der Waals surface area contributed by atoms with E-state index in [9.17, 15) is 26.3 Å². The second kappa shape index (κ2) is 6.30. The molecule has 0 amide bonds. The molecule has 2 heterocycles. The normalized spacial score (nSPS) is 34.8. The van der Waals surface area contributed by atoms with Crippen LogP contribution in [0.15, 0.2) is 18.2 Å². The van der Waals surface area contributed by atoms with Gasteiger partial charge in [-0.2, -0.15) is 26.3 Å². The van der Waals surface area contributed by atoms with E-state index in [-0.39, 0.29) is 0 Å². The molecular weight excluding hydrogens is 366 g/mol. The zero-order valence-electron chi connectivity index (χ0n) is 14.2. The molecular formula is C17H18F6O3. The van der Waals surface area contributed by atoms with Gasteiger partial charge in [-0.05, 0) is 17.7 Å². The van der Waals surface area contributed by atoms with Crippen LogP contribution in [0.3, 0.4) is 0 Å². The molecule has 146 valence electrons. The maximum atomic E-state index is 12.8. The largest absolute Gasteiger partial charge is 0.496 e. The van der Waals surface area contributed by atoms with E-state index in [0.29, 0.717) is 16.9 Å². The van der Waals surface area contributed by atoms with Crippen molar-refractivity contribution in [3.8, 4) is 5.75 Å². The number of benzene rings is 1. The first kappa shape index (κ1) is 19.3. The van der Waals surface area contributed by atoms with Crippen LogP contribution in [0.2, 0.25) is 0 Å². The van der Waals surface area contributed by atoms with Crippen molar-refractivity contribution < 1.29 is 40.6 Å². The van der Waals surface area contributed by atoms with Crippen molar-refractivity contribution in [2.45, 2.75) is 50.6 Å². The van der Waals surface area contributed by atoms with Gasteiger partial charge in [0, 0.05) is 17.4 Å². The monoisotopic (exact) mass is 384 g/mol. The molecule has 2 aliphatic heterocycles. The standard InChI is InChI=1S/C17H18F6O3/c1-7-12(25-14(7)16(18,19)20)9-4-5-11(24-3)10(6-9)13-8(2)15(26-13)17(21,22)23/h4-8,12-15H,1-3H3. The van der Waals surface area contributed by atoms with E-state index in [0.717, 1.165) is 0 Å². The van der Waals surface area contributed by atoms with Gasteiger partial charge in [-0.15, -0.1) is 0 Å². The van der Waals surface area contributed by atoms with Gasteiger partial charge in [-0.3, -0.25) is 0 Å². The molecule has 2 saturated heterocycles. The summed E-state index contributed by atoms with van der Waals surface area (Å²) in [5.74, 6) is -1.30. The number of hydrogen-bond acceptors (Lipinski definition) is 3. The summed E-state index contributed by atoms with van der Waals surface area (Å²) in [6, 6.07) is 4.58. The number of halogens is 6. The maximum absolute atomic E-state index is 12.8. The molecule has 6 unspecified atom stereocenters. The molecule has 1 aromatic rings. The Morgan fingerprint density at radius 1 is 0.846 bits per heavy atom. The Kier molecular flexibility index (Phi) is 4.67. The highest BCUT2D eigenvalue weighted by molar-refractivity contribution is 5.41. The minimum Gasteiger partial charge on any atom is -0.496 e. The number of ether oxygens (including phenoxy) is 3. The van der Waals surface area contributed by atoms with E-state index in [2.05, 4.69) is 0 Å². The van der Waals surface area contributed by atoms with Crippen molar-refractivity contribution in [3.63, 3.8) is 0 Å². The van der Waals surface area contributed by atoms with Crippen LogP contribution in [-0.2, 0) is 9.47 Å². The van der Waals surface area contributed by atoms with Gasteiger partial charge in [0.25, 0.3) is 0 Å². The van der Waals surface area contributed by atoms with E-state index in [1.165, 1.54) is 33.1 Å². The van der Waals surface area contributed by atoms with Crippen molar-refractivity contribution in [2.75, 3.05) is 7.11 Å². The summed E-state index contributed by atoms with van der Waals surface area (Å²) in [7, 11) is 1.37. The minimum absolute atomic E-state index is 0.325. The molecule has 2 aliphatic rings. The van der Waals surface area contributed by atoms with E-state index >= 15 is 0 Å². The molecule has 3 rings (SSSR count). The van der Waals surface area contributed by atoms with E-state index < -0.39 is 48.6 Å². The lowest BCUT2D eigenvalue weighted by Crippen LogP contribution is -2.51. The molecule has 0 N–H and O–H groups in total. The Labute approximate surface area is 146 Å². The number of alkyl halides is 6. The first-order chi connectivity index (χ1) is 11.9. The molecule has 9 heteroatoms. The number of hydrogen-bond donors (Lipinski definition) is 0. The fourth-order valence-electron chi connectivity index (χ4n) is 3.59. The molecule has 0 aliphatic carbocycles. The molecule has 0 aromatic heterocycles. The summed E-state index contributed by atoms with van der Waals surface area (Å²) in [5.41, 5.74) is 0.837. The third-order valence-electron chi connectivity index (χ3n) is 5.03. The molecule has 3 nitrogen and oxygen atoms in total. The van der Waals surface area contributed by atoms with Gasteiger partial charge in [0.1, 0.15) is 5.75 Å². The summed E-state index contributed by atoms with van der Waals surface area (Å²) in [4.78, 5) is 0. The highest BCUT2D eigenvalue weighted by Gasteiger charge is 2.57. The Morgan fingerprint density at radius 3 is 1.77 bits per heavy atom. The molecule has 1 aromatic carbocycles. The molecule has 0 radical (unpaired) electrons. The van der Waals surface area contributed by atoms with Crippen LogP contribution in [0.1, 0.15) is 37.2 Å². The van der Waals surface area contributed by atoms with E-state index in [4.69, 9.17) is 14.2 Å². The topological polar surface area (TPSA) is 27.7 Å². The van der Waals surface area contributed by atoms with Crippen LogP contribution < -0.4 is 4.74 Å². The fraction of sp³-hybridized carbons (Fsp3) is 0.647. The van der Waals surface area contributed by atoms with E-state index in [1.54, 1.807) is 6.07 Å². The first-order valence-corrected chi connectivity index (χ1v) is 8.07. The summed E-state index contributed by atoms with van der Waals surface area (Å²) in [6.45, 7) is 2.85. The van der Waals surface area contributed by atoms with Gasteiger partial charge in [-0.25, -0.2) is 0 Å². The van der Waals surface area contributed by atoms with Crippen molar-refractivity contribution in [1.82, 2.24) is 0 Å². The fourth-order valence-corrected chi connectivity index (χ4v) is 3.59. The third kappa shape index (κ3) is 3.15. The lowest BCUT2D eigenvalue weighted by atomic mass is 9.82. The number of methoxy groups -OCH3 is 1. The van der Waals surface area contributed by atoms with Crippen molar-refractivity contribution >= 4 is 0 Å². The van der Waals surface area contributed by atoms with Crippen LogP contribution >= 0.6 is 0 Å². The van der Waals surface area contributed by atoms with Crippen molar-refractivity contribution in [2.24, 2.45) is 11.8 Å². The second-order valence-electron chi connectivity index (χ2n) is 6.76. The van der Waals surface area contributed by atoms with Crippen molar-refractivity contribution in [3.05, 3.63) is 29.3 Å². The van der Waals surface area contributed by atoms with Crippen LogP contribution in [0.5, 0.6) is 5.75 Å². The summed E-state index contributed by atoms with van der Waals surface area (Å²) < 4.78 is 91.9. The van der Waals surface area contributed by atoms with Gasteiger partial charge in [0.05, 0.1) is 19.3 Å². The van der Waals surface area contributed by atoms with Crippen molar-refractivity contribution in [1.29, 1.82) is 0 Å². The van der Waals surface area contributed by atoms with Gasteiger partial charge in [0.2, 0.25) is 0 Å². The minimum atomic E-state index is -4.47. The Balaban J connectivity index is 1.81. The Bertz CT molecular complexity index is 671. The third-order valence-corrected chi connectivity index (χ3v) is 5.03. The zero-order valence-corrected chi connectivity index (χ0v) is 14.2. The lowest BCUT2D eigenvalue weighted by molar-refractivity contribution is -0.318. The highest BCUT2D eigenvalue weighted by Crippen LogP contribution is 2.52. The Morgan fingerprint density at radius 2 is 1.35 bits per heavy atom. The molecule has 6 atom stereocenters. The van der Waals surface area contributed by atoms with Crippen LogP contribution in [0.25, 0.3) is 0 Å². The van der Waals surface area contributed by atoms with Gasteiger partial charge < -0.3 is 14.2 Å². The quantitative estimate of drug-likeness (QED) is 0.689. The van der Waals surface area contributed by atoms with Crippen LogP contribution in [0, 0.1) is 11.8 Å². The predicted octanol–water partition coefficient (Wildman–Crippen LogP) is 4.97. The zero-order chi connectivity index (χ0) is 19.4. The van der Waals surface area contributed by atoms with Crippen LogP contribution in [0.4, 0.5) is 26.3 Å². The highest BCUT2D eigenvalue weighted by atomic mass is 19.4. The molecule has 26 heavy (non-hydrogen) atoms. The average Bonchev–Trinajstić information content (AvgIpc) is 2.49. The summed E-state index contributed by atoms with van der Waals surface area (Å²) in [6.07, 6.45) is -14.2. The maximum Gasteiger partial charge on any atom is 0.415 e. The second-order valence-corrected chi connectivity index (χ2v) is 6.76. The molecule has 0 saturated carbocycles. The average molecular weight is 384 g/mol. The van der Waals surface area contributed by atoms with Gasteiger partial charge in [-0.1, -0.05) is 19.9 Å². The SMILES string of the molecule is COc1ccc(C2OC(C(F)(F)F)C2C)cc1C1OC(C(F)(F)F)C1C. The smallest absolute Gasteiger partial charge is 0.415 e. The number of rotatable bonds is 3. The predicted molar refractivity (Wildman–Crippen MR) is 78.7 cm³/mol. The van der Waals surface area contributed by atoms with E-state index in [1.807, 2.05) is 0 Å². The Hall–Kier alpha value is -1.48. The van der Waals surface area contributed by atoms with Gasteiger partial charge in [0.15, 0.2) is 12.2 Å². The molecule has 2 fully saturated rings. The van der Waals surface area contributed by atoms with Crippen LogP contribution in [-0.4, -0.2) is 31.7 Å². The molecule has 0 spiro atoms.